The summed E-state index contributed by atoms with van der Waals surface area (Å²) in [5.41, 5.74) is 4.40. The molecule has 7 nitrogen and oxygen atoms in total. The highest BCUT2D eigenvalue weighted by atomic mass is 35.5. The lowest BCUT2D eigenvalue weighted by molar-refractivity contribution is -0.384. The van der Waals surface area contributed by atoms with Gasteiger partial charge in [-0.1, -0.05) is 23.7 Å². The van der Waals surface area contributed by atoms with Crippen molar-refractivity contribution in [1.29, 1.82) is 0 Å². The smallest absolute Gasteiger partial charge is 0.271 e. The molecule has 0 aliphatic rings. The first-order valence-corrected chi connectivity index (χ1v) is 8.94. The van der Waals surface area contributed by atoms with Crippen molar-refractivity contribution in [2.75, 3.05) is 0 Å². The normalized spacial score (nSPS) is 10.7. The third-order valence-electron chi connectivity index (χ3n) is 3.92. The number of nitrogens with zero attached hydrogens (tertiary/aromatic N) is 2. The zero-order valence-electron chi connectivity index (χ0n) is 15.1. The quantitative estimate of drug-likeness (QED) is 0.351. The molecule has 0 saturated carbocycles. The van der Waals surface area contributed by atoms with Crippen LogP contribution < -0.4 is 10.2 Å². The topological polar surface area (TPSA) is 93.8 Å². The van der Waals surface area contributed by atoms with Crippen LogP contribution in [0.25, 0.3) is 0 Å². The van der Waals surface area contributed by atoms with Crippen molar-refractivity contribution in [2.24, 2.45) is 5.10 Å². The lowest BCUT2D eigenvalue weighted by Gasteiger charge is -2.07. The molecule has 29 heavy (non-hydrogen) atoms. The molecular weight excluding hydrogens is 394 g/mol. The molecule has 3 aromatic carbocycles. The molecule has 0 spiro atoms. The first kappa shape index (κ1) is 20.0. The van der Waals surface area contributed by atoms with Crippen LogP contribution in [0.4, 0.5) is 5.69 Å². The number of hydrogen-bond acceptors (Lipinski definition) is 5. The Balaban J connectivity index is 1.51. The molecule has 146 valence electrons. The van der Waals surface area contributed by atoms with Crippen LogP contribution >= 0.6 is 11.6 Å². The average molecular weight is 410 g/mol. The number of ether oxygens (including phenoxy) is 1. The standard InChI is InChI=1S/C21H16ClN3O4/c22-18-7-11-20(12-8-18)29-14-16-1-5-17(6-2-16)21(26)24-23-13-15-3-9-19(10-4-15)25(27)28/h1-13H,14H2,(H,24,26)/b23-13-. The summed E-state index contributed by atoms with van der Waals surface area (Å²) in [5, 5.41) is 15.1. The summed E-state index contributed by atoms with van der Waals surface area (Å²) < 4.78 is 5.66. The van der Waals surface area contributed by atoms with Gasteiger partial charge < -0.3 is 4.74 Å². The van der Waals surface area contributed by atoms with Gasteiger partial charge >= 0.3 is 0 Å². The number of nitro groups is 1. The maximum absolute atomic E-state index is 12.1. The minimum atomic E-state index is -0.479. The van der Waals surface area contributed by atoms with Gasteiger partial charge in [-0.15, -0.1) is 0 Å². The highest BCUT2D eigenvalue weighted by Crippen LogP contribution is 2.17. The van der Waals surface area contributed by atoms with Crippen LogP contribution in [-0.2, 0) is 6.61 Å². The minimum Gasteiger partial charge on any atom is -0.489 e. The molecular formula is C21H16ClN3O4. The van der Waals surface area contributed by atoms with Crippen LogP contribution in [-0.4, -0.2) is 17.0 Å². The van der Waals surface area contributed by atoms with Gasteiger partial charge in [-0.05, 0) is 59.7 Å². The Morgan fingerprint density at radius 3 is 2.31 bits per heavy atom. The molecule has 0 fully saturated rings. The van der Waals surface area contributed by atoms with E-state index < -0.39 is 4.92 Å². The van der Waals surface area contributed by atoms with Crippen LogP contribution in [0.1, 0.15) is 21.5 Å². The fourth-order valence-corrected chi connectivity index (χ4v) is 2.49. The second kappa shape index (κ2) is 9.48. The van der Waals surface area contributed by atoms with Crippen molar-refractivity contribution in [3.63, 3.8) is 0 Å². The predicted molar refractivity (Wildman–Crippen MR) is 110 cm³/mol. The summed E-state index contributed by atoms with van der Waals surface area (Å²) in [6.45, 7) is 0.363. The molecule has 1 N–H and O–H groups in total. The number of amides is 1. The van der Waals surface area contributed by atoms with E-state index in [1.54, 1.807) is 60.7 Å². The Morgan fingerprint density at radius 2 is 1.69 bits per heavy atom. The fourth-order valence-electron chi connectivity index (χ4n) is 2.36. The lowest BCUT2D eigenvalue weighted by Crippen LogP contribution is -2.17. The first-order chi connectivity index (χ1) is 14.0. The molecule has 1 amide bonds. The van der Waals surface area contributed by atoms with Crippen LogP contribution in [0.2, 0.25) is 5.02 Å². The van der Waals surface area contributed by atoms with Gasteiger partial charge in [-0.2, -0.15) is 5.10 Å². The first-order valence-electron chi connectivity index (χ1n) is 8.56. The number of hydrogen-bond donors (Lipinski definition) is 1. The Hall–Kier alpha value is -3.71. The van der Waals surface area contributed by atoms with Gasteiger partial charge in [0, 0.05) is 22.7 Å². The molecule has 0 saturated heterocycles. The maximum Gasteiger partial charge on any atom is 0.271 e. The molecule has 0 radical (unpaired) electrons. The highest BCUT2D eigenvalue weighted by Gasteiger charge is 2.05. The van der Waals surface area contributed by atoms with Gasteiger partial charge in [0.15, 0.2) is 0 Å². The number of nitro benzene ring substituents is 1. The Morgan fingerprint density at radius 1 is 1.03 bits per heavy atom. The molecule has 0 heterocycles. The van der Waals surface area contributed by atoms with Crippen molar-refractivity contribution < 1.29 is 14.5 Å². The number of halogens is 1. The van der Waals surface area contributed by atoms with Crippen LogP contribution in [0.3, 0.4) is 0 Å². The van der Waals surface area contributed by atoms with Crippen molar-refractivity contribution in [3.8, 4) is 5.75 Å². The van der Waals surface area contributed by atoms with Gasteiger partial charge in [0.25, 0.3) is 11.6 Å². The molecule has 0 atom stereocenters. The summed E-state index contributed by atoms with van der Waals surface area (Å²) in [6.07, 6.45) is 1.41. The number of carbonyl (C=O) groups is 1. The van der Waals surface area contributed by atoms with E-state index in [1.165, 1.54) is 18.3 Å². The SMILES string of the molecule is O=C(N/N=C\c1ccc([N+](=O)[O-])cc1)c1ccc(COc2ccc(Cl)cc2)cc1. The maximum atomic E-state index is 12.1. The minimum absolute atomic E-state index is 0.00804. The van der Waals surface area contributed by atoms with Crippen molar-refractivity contribution >= 4 is 29.4 Å². The second-order valence-electron chi connectivity index (χ2n) is 5.99. The third kappa shape index (κ3) is 5.88. The Bertz CT molecular complexity index is 1020. The Labute approximate surface area is 171 Å². The Kier molecular flexibility index (Phi) is 6.55. The zero-order chi connectivity index (χ0) is 20.6. The molecule has 0 unspecified atom stereocenters. The molecule has 0 aliphatic heterocycles. The van der Waals surface area contributed by atoms with E-state index in [1.807, 2.05) is 0 Å². The van der Waals surface area contributed by atoms with Crippen molar-refractivity contribution in [3.05, 3.63) is 105 Å². The highest BCUT2D eigenvalue weighted by molar-refractivity contribution is 6.30. The summed E-state index contributed by atoms with van der Waals surface area (Å²) in [4.78, 5) is 22.3. The van der Waals surface area contributed by atoms with Gasteiger partial charge in [0.1, 0.15) is 12.4 Å². The van der Waals surface area contributed by atoms with E-state index in [-0.39, 0.29) is 11.6 Å². The van der Waals surface area contributed by atoms with Gasteiger partial charge in [0.05, 0.1) is 11.1 Å². The zero-order valence-corrected chi connectivity index (χ0v) is 15.9. The third-order valence-corrected chi connectivity index (χ3v) is 4.17. The number of nitrogens with one attached hydrogen (secondary N) is 1. The van der Waals surface area contributed by atoms with E-state index in [0.717, 1.165) is 5.56 Å². The summed E-state index contributed by atoms with van der Waals surface area (Å²) in [6, 6.07) is 19.8. The molecule has 0 bridgehead atoms. The number of benzene rings is 3. The fraction of sp³-hybridized carbons (Fsp3) is 0.0476. The summed E-state index contributed by atoms with van der Waals surface area (Å²) >= 11 is 5.84. The van der Waals surface area contributed by atoms with Crippen molar-refractivity contribution in [1.82, 2.24) is 5.43 Å². The van der Waals surface area contributed by atoms with E-state index in [4.69, 9.17) is 16.3 Å². The number of carbonyl (C=O) groups excluding carboxylic acids is 1. The number of hydrazone groups is 1. The van der Waals surface area contributed by atoms with E-state index in [2.05, 4.69) is 10.5 Å². The molecule has 0 aromatic heterocycles. The number of rotatable bonds is 7. The largest absolute Gasteiger partial charge is 0.489 e. The van der Waals surface area contributed by atoms with Crippen molar-refractivity contribution in [2.45, 2.75) is 6.61 Å². The average Bonchev–Trinajstić information content (AvgIpc) is 2.74. The van der Waals surface area contributed by atoms with Crippen LogP contribution in [0.5, 0.6) is 5.75 Å². The predicted octanol–water partition coefficient (Wildman–Crippen LogP) is 4.59. The van der Waals surface area contributed by atoms with E-state index in [0.29, 0.717) is 28.5 Å². The van der Waals surface area contributed by atoms with Gasteiger partial charge in [0.2, 0.25) is 0 Å². The van der Waals surface area contributed by atoms with E-state index >= 15 is 0 Å². The molecule has 0 aliphatic carbocycles. The van der Waals surface area contributed by atoms with Gasteiger partial charge in [-0.25, -0.2) is 5.43 Å². The second-order valence-corrected chi connectivity index (χ2v) is 6.42. The summed E-state index contributed by atoms with van der Waals surface area (Å²) in [5.74, 6) is 0.338. The number of non-ortho nitro benzene ring substituents is 1. The van der Waals surface area contributed by atoms with E-state index in [9.17, 15) is 14.9 Å². The summed E-state index contributed by atoms with van der Waals surface area (Å²) in [7, 11) is 0. The monoisotopic (exact) mass is 409 g/mol. The molecule has 3 rings (SSSR count). The molecule has 3 aromatic rings. The van der Waals surface area contributed by atoms with Crippen LogP contribution in [0, 0.1) is 10.1 Å². The van der Waals surface area contributed by atoms with Gasteiger partial charge in [-0.3, -0.25) is 14.9 Å². The van der Waals surface area contributed by atoms with Crippen LogP contribution in [0.15, 0.2) is 77.9 Å². The molecule has 8 heteroatoms. The lowest BCUT2D eigenvalue weighted by atomic mass is 10.1.